The van der Waals surface area contributed by atoms with Gasteiger partial charge in [0.25, 0.3) is 11.8 Å². The van der Waals surface area contributed by atoms with Crippen molar-refractivity contribution in [2.24, 2.45) is 11.8 Å². The molecule has 0 bridgehead atoms. The predicted molar refractivity (Wildman–Crippen MR) is 135 cm³/mol. The van der Waals surface area contributed by atoms with E-state index in [2.05, 4.69) is 5.32 Å². The van der Waals surface area contributed by atoms with Gasteiger partial charge in [0.1, 0.15) is 11.9 Å². The van der Waals surface area contributed by atoms with Crippen molar-refractivity contribution in [2.45, 2.75) is 50.8 Å². The first-order valence-electron chi connectivity index (χ1n) is 13.4. The van der Waals surface area contributed by atoms with Gasteiger partial charge in [-0.2, -0.15) is 0 Å². The Morgan fingerprint density at radius 1 is 1.05 bits per heavy atom. The van der Waals surface area contributed by atoms with E-state index in [0.29, 0.717) is 56.3 Å². The van der Waals surface area contributed by atoms with E-state index >= 15 is 0 Å². The molecule has 0 spiro atoms. The largest absolute Gasteiger partial charge is 0.497 e. The third kappa shape index (κ3) is 5.30. The Morgan fingerprint density at radius 2 is 1.76 bits per heavy atom. The lowest BCUT2D eigenvalue weighted by molar-refractivity contribution is -0.147. The van der Waals surface area contributed by atoms with E-state index < -0.39 is 6.17 Å². The molecule has 5 rings (SSSR count). The van der Waals surface area contributed by atoms with E-state index in [4.69, 9.17) is 9.47 Å². The molecule has 3 heterocycles. The fourth-order valence-corrected chi connectivity index (χ4v) is 6.03. The maximum Gasteiger partial charge on any atom is 0.258 e. The first-order chi connectivity index (χ1) is 18.0. The van der Waals surface area contributed by atoms with Gasteiger partial charge in [-0.1, -0.05) is 0 Å². The summed E-state index contributed by atoms with van der Waals surface area (Å²) < 4.78 is 10.8. The normalized spacial score (nSPS) is 27.9. The van der Waals surface area contributed by atoms with Crippen LogP contribution in [0.15, 0.2) is 18.2 Å². The zero-order chi connectivity index (χ0) is 25.9. The Labute approximate surface area is 217 Å². The third-order valence-corrected chi connectivity index (χ3v) is 8.25. The molecular formula is C27H36N4O6. The van der Waals surface area contributed by atoms with Crippen LogP contribution in [0.2, 0.25) is 0 Å². The monoisotopic (exact) mass is 512 g/mol. The van der Waals surface area contributed by atoms with E-state index in [9.17, 15) is 19.2 Å². The van der Waals surface area contributed by atoms with E-state index in [0.717, 1.165) is 44.8 Å². The highest BCUT2D eigenvalue weighted by atomic mass is 16.5. The highest BCUT2D eigenvalue weighted by molar-refractivity contribution is 6.03. The second kappa shape index (κ2) is 11.1. The number of methoxy groups -OCH3 is 1. The van der Waals surface area contributed by atoms with Crippen LogP contribution in [-0.4, -0.2) is 97.4 Å². The Kier molecular flexibility index (Phi) is 7.64. The number of benzene rings is 1. The molecule has 0 radical (unpaired) electrons. The number of carbonyl (C=O) groups is 4. The van der Waals surface area contributed by atoms with Crippen LogP contribution in [-0.2, 0) is 19.1 Å². The molecular weight excluding hydrogens is 476 g/mol. The lowest BCUT2D eigenvalue weighted by Crippen LogP contribution is -2.54. The summed E-state index contributed by atoms with van der Waals surface area (Å²) in [4.78, 5) is 56.1. The Hall–Kier alpha value is -3.14. The highest BCUT2D eigenvalue weighted by Gasteiger charge is 2.37. The zero-order valence-electron chi connectivity index (χ0n) is 21.4. The average Bonchev–Trinajstić information content (AvgIpc) is 3.49. The number of aldehydes is 1. The maximum absolute atomic E-state index is 13.2. The number of nitrogens with one attached hydrogen (secondary N) is 1. The van der Waals surface area contributed by atoms with E-state index in [1.54, 1.807) is 30.2 Å². The average molecular weight is 513 g/mol. The summed E-state index contributed by atoms with van der Waals surface area (Å²) >= 11 is 0. The smallest absolute Gasteiger partial charge is 0.258 e. The van der Waals surface area contributed by atoms with Gasteiger partial charge in [-0.05, 0) is 62.6 Å². The van der Waals surface area contributed by atoms with Gasteiger partial charge in [0.15, 0.2) is 12.5 Å². The summed E-state index contributed by atoms with van der Waals surface area (Å²) in [5.41, 5.74) is 1.13. The molecule has 2 saturated heterocycles. The number of piperazine rings is 1. The molecule has 0 aromatic heterocycles. The standard InChI is InChI=1S/C27H36N4O6/c1-36-20-8-9-22-21(15-20)26(34)31(24(17-32)28-22)16-18-4-6-19(7-5-18)25(33)29-10-12-30(13-11-29)27(35)23-3-2-14-37-23/h8-9,15,17-19,23-24,28H,2-7,10-14,16H2,1H3. The zero-order valence-corrected chi connectivity index (χ0v) is 21.4. The third-order valence-electron chi connectivity index (χ3n) is 8.25. The van der Waals surface area contributed by atoms with Crippen molar-refractivity contribution < 1.29 is 28.7 Å². The fraction of sp³-hybridized carbons (Fsp3) is 0.630. The molecule has 1 aromatic carbocycles. The van der Waals surface area contributed by atoms with Crippen molar-refractivity contribution in [1.29, 1.82) is 0 Å². The van der Waals surface area contributed by atoms with Crippen molar-refractivity contribution in [3.05, 3.63) is 23.8 Å². The van der Waals surface area contributed by atoms with Gasteiger partial charge < -0.3 is 29.5 Å². The number of hydrogen-bond acceptors (Lipinski definition) is 7. The minimum Gasteiger partial charge on any atom is -0.497 e. The lowest BCUT2D eigenvalue weighted by Gasteiger charge is -2.40. The maximum atomic E-state index is 13.2. The Balaban J connectivity index is 1.12. The number of fused-ring (bicyclic) bond motifs is 1. The van der Waals surface area contributed by atoms with Crippen LogP contribution in [0.5, 0.6) is 5.75 Å². The SMILES string of the molecule is COc1ccc2c(c1)C(=O)N(CC1CCC(C(=O)N3CCN(C(=O)C4CCCO4)CC3)CC1)C(C=O)N2. The van der Waals surface area contributed by atoms with Crippen molar-refractivity contribution in [3.8, 4) is 5.75 Å². The number of hydrogen-bond donors (Lipinski definition) is 1. The van der Waals surface area contributed by atoms with Crippen LogP contribution in [0.4, 0.5) is 5.69 Å². The predicted octanol–water partition coefficient (Wildman–Crippen LogP) is 1.74. The summed E-state index contributed by atoms with van der Waals surface area (Å²) in [6.45, 7) is 3.37. The molecule has 3 amide bonds. The van der Waals surface area contributed by atoms with Gasteiger partial charge >= 0.3 is 0 Å². The molecule has 2 atom stereocenters. The molecule has 1 saturated carbocycles. The molecule has 2 unspecified atom stereocenters. The second-order valence-corrected chi connectivity index (χ2v) is 10.5. The van der Waals surface area contributed by atoms with E-state index in [-0.39, 0.29) is 35.7 Å². The lowest BCUT2D eigenvalue weighted by atomic mass is 9.80. The van der Waals surface area contributed by atoms with Crippen molar-refractivity contribution >= 4 is 29.7 Å². The van der Waals surface area contributed by atoms with Crippen LogP contribution in [0.3, 0.4) is 0 Å². The Bertz CT molecular complexity index is 1030. The van der Waals surface area contributed by atoms with Crippen LogP contribution >= 0.6 is 0 Å². The van der Waals surface area contributed by atoms with Crippen LogP contribution < -0.4 is 10.1 Å². The number of anilines is 1. The van der Waals surface area contributed by atoms with Crippen LogP contribution in [0.25, 0.3) is 0 Å². The minimum absolute atomic E-state index is 0.0290. The molecule has 200 valence electrons. The van der Waals surface area contributed by atoms with Gasteiger partial charge in [-0.15, -0.1) is 0 Å². The molecule has 10 heteroatoms. The van der Waals surface area contributed by atoms with Crippen LogP contribution in [0.1, 0.15) is 48.9 Å². The van der Waals surface area contributed by atoms with Crippen LogP contribution in [0, 0.1) is 11.8 Å². The first kappa shape index (κ1) is 25.5. The highest BCUT2D eigenvalue weighted by Crippen LogP contribution is 2.34. The molecule has 1 N–H and O–H groups in total. The summed E-state index contributed by atoms with van der Waals surface area (Å²) in [7, 11) is 1.55. The van der Waals surface area contributed by atoms with Crippen molar-refractivity contribution in [2.75, 3.05) is 51.8 Å². The molecule has 3 fully saturated rings. The minimum atomic E-state index is -0.707. The number of nitrogens with zero attached hydrogens (tertiary/aromatic N) is 3. The van der Waals surface area contributed by atoms with E-state index in [1.807, 2.05) is 9.80 Å². The molecule has 37 heavy (non-hydrogen) atoms. The fourth-order valence-electron chi connectivity index (χ4n) is 6.03. The van der Waals surface area contributed by atoms with Crippen molar-refractivity contribution in [1.82, 2.24) is 14.7 Å². The summed E-state index contributed by atoms with van der Waals surface area (Å²) in [5.74, 6) is 0.837. The molecule has 1 aromatic rings. The van der Waals surface area contributed by atoms with Gasteiger partial charge in [0, 0.05) is 50.9 Å². The summed E-state index contributed by atoms with van der Waals surface area (Å²) in [6.07, 6.45) is 4.65. The van der Waals surface area contributed by atoms with Crippen molar-refractivity contribution in [3.63, 3.8) is 0 Å². The quantitative estimate of drug-likeness (QED) is 0.579. The Morgan fingerprint density at radius 3 is 2.38 bits per heavy atom. The van der Waals surface area contributed by atoms with Gasteiger partial charge in [-0.3, -0.25) is 19.2 Å². The molecule has 10 nitrogen and oxygen atoms in total. The van der Waals surface area contributed by atoms with Gasteiger partial charge in [0.2, 0.25) is 5.91 Å². The second-order valence-electron chi connectivity index (χ2n) is 10.5. The number of carbonyl (C=O) groups excluding carboxylic acids is 4. The molecule has 1 aliphatic carbocycles. The number of rotatable bonds is 6. The summed E-state index contributed by atoms with van der Waals surface area (Å²) in [5, 5.41) is 3.15. The number of ether oxygens (including phenoxy) is 2. The van der Waals surface area contributed by atoms with Gasteiger partial charge in [-0.25, -0.2) is 0 Å². The topological polar surface area (TPSA) is 108 Å². The molecule has 3 aliphatic heterocycles. The molecule has 4 aliphatic rings. The number of amides is 3. The first-order valence-corrected chi connectivity index (χ1v) is 13.4. The summed E-state index contributed by atoms with van der Waals surface area (Å²) in [6, 6.07) is 5.22. The van der Waals surface area contributed by atoms with E-state index in [1.165, 1.54) is 0 Å². The van der Waals surface area contributed by atoms with Gasteiger partial charge in [0.05, 0.1) is 12.7 Å².